The first-order valence-electron chi connectivity index (χ1n) is 6.97. The van der Waals surface area contributed by atoms with E-state index in [-0.39, 0.29) is 6.61 Å². The maximum absolute atomic E-state index is 9.05. The number of benzene rings is 1. The van der Waals surface area contributed by atoms with E-state index in [1.165, 1.54) is 0 Å². The number of fused-ring (bicyclic) bond motifs is 1. The van der Waals surface area contributed by atoms with Crippen molar-refractivity contribution in [2.45, 2.75) is 20.3 Å². The Morgan fingerprint density at radius 3 is 2.52 bits per heavy atom. The van der Waals surface area contributed by atoms with Crippen molar-refractivity contribution in [2.75, 3.05) is 6.61 Å². The molecule has 1 aromatic carbocycles. The summed E-state index contributed by atoms with van der Waals surface area (Å²) in [6.45, 7) is 4.10. The third-order valence-electron chi connectivity index (χ3n) is 3.56. The lowest BCUT2D eigenvalue weighted by Gasteiger charge is -2.08. The Bertz CT molecular complexity index is 782. The van der Waals surface area contributed by atoms with Gasteiger partial charge < -0.3 is 5.11 Å². The van der Waals surface area contributed by atoms with Crippen LogP contribution in [0, 0.1) is 13.8 Å². The predicted molar refractivity (Wildman–Crippen MR) is 83.0 cm³/mol. The highest BCUT2D eigenvalue weighted by Crippen LogP contribution is 2.24. The van der Waals surface area contributed by atoms with Crippen LogP contribution in [-0.4, -0.2) is 26.7 Å². The second-order valence-corrected chi connectivity index (χ2v) is 5.17. The maximum Gasteiger partial charge on any atom is 0.125 e. The highest BCUT2D eigenvalue weighted by Gasteiger charge is 2.07. The smallest absolute Gasteiger partial charge is 0.125 e. The number of nitrogens with zero attached hydrogens (tertiary/aromatic N) is 3. The van der Waals surface area contributed by atoms with Crippen molar-refractivity contribution in [1.82, 2.24) is 15.0 Å². The Balaban J connectivity index is 2.10. The van der Waals surface area contributed by atoms with E-state index in [9.17, 15) is 0 Å². The molecular formula is C17H17N3O. The first-order valence-corrected chi connectivity index (χ1v) is 6.97. The van der Waals surface area contributed by atoms with Crippen molar-refractivity contribution in [3.05, 3.63) is 53.6 Å². The van der Waals surface area contributed by atoms with E-state index >= 15 is 0 Å². The van der Waals surface area contributed by atoms with Gasteiger partial charge in [-0.2, -0.15) is 0 Å². The van der Waals surface area contributed by atoms with Crippen LogP contribution in [0.5, 0.6) is 0 Å². The van der Waals surface area contributed by atoms with E-state index in [2.05, 4.69) is 29.0 Å². The Morgan fingerprint density at radius 2 is 1.81 bits per heavy atom. The van der Waals surface area contributed by atoms with Gasteiger partial charge in [0.15, 0.2) is 0 Å². The molecule has 0 aliphatic heterocycles. The predicted octanol–water partition coefficient (Wildman–Crippen LogP) is 2.84. The first kappa shape index (κ1) is 13.6. The van der Waals surface area contributed by atoms with Crippen molar-refractivity contribution in [2.24, 2.45) is 0 Å². The van der Waals surface area contributed by atoms with Gasteiger partial charge >= 0.3 is 0 Å². The van der Waals surface area contributed by atoms with Crippen LogP contribution in [0.3, 0.4) is 0 Å². The number of aliphatic hydroxyl groups excluding tert-OH is 1. The molecule has 2 heterocycles. The minimum Gasteiger partial charge on any atom is -0.396 e. The molecule has 1 N–H and O–H groups in total. The van der Waals surface area contributed by atoms with Crippen LogP contribution in [0.4, 0.5) is 0 Å². The van der Waals surface area contributed by atoms with Gasteiger partial charge in [0.05, 0.1) is 11.2 Å². The largest absolute Gasteiger partial charge is 0.396 e. The highest BCUT2D eigenvalue weighted by atomic mass is 16.2. The Hall–Kier alpha value is -2.33. The van der Waals surface area contributed by atoms with Gasteiger partial charge in [-0.3, -0.25) is 0 Å². The summed E-state index contributed by atoms with van der Waals surface area (Å²) < 4.78 is 0. The summed E-state index contributed by atoms with van der Waals surface area (Å²) >= 11 is 0. The van der Waals surface area contributed by atoms with Gasteiger partial charge in [0, 0.05) is 30.0 Å². The van der Waals surface area contributed by atoms with Crippen LogP contribution in [-0.2, 0) is 6.42 Å². The standard InChI is InChI=1S/C17H17N3O/c1-11-7-17(14-9-18-12(2)19-10-14)20-16-4-3-13(5-6-21)8-15(11)16/h3-4,7-10,21H,5-6H2,1-2H3. The van der Waals surface area contributed by atoms with Crippen molar-refractivity contribution in [1.29, 1.82) is 0 Å². The normalized spacial score (nSPS) is 11.0. The number of hydrogen-bond acceptors (Lipinski definition) is 4. The van der Waals surface area contributed by atoms with E-state index in [4.69, 9.17) is 10.1 Å². The minimum atomic E-state index is 0.163. The second-order valence-electron chi connectivity index (χ2n) is 5.17. The van der Waals surface area contributed by atoms with Gasteiger partial charge in [-0.25, -0.2) is 15.0 Å². The van der Waals surface area contributed by atoms with E-state index in [1.807, 2.05) is 19.1 Å². The van der Waals surface area contributed by atoms with Gasteiger partial charge in [0.25, 0.3) is 0 Å². The lowest BCUT2D eigenvalue weighted by Crippen LogP contribution is -1.94. The molecule has 0 aliphatic carbocycles. The first-order chi connectivity index (χ1) is 10.2. The molecule has 3 rings (SSSR count). The molecule has 0 spiro atoms. The summed E-state index contributed by atoms with van der Waals surface area (Å²) in [7, 11) is 0. The van der Waals surface area contributed by atoms with Crippen molar-refractivity contribution in [3.63, 3.8) is 0 Å². The van der Waals surface area contributed by atoms with Gasteiger partial charge in [-0.1, -0.05) is 6.07 Å². The summed E-state index contributed by atoms with van der Waals surface area (Å²) in [5.74, 6) is 0.755. The van der Waals surface area contributed by atoms with Gasteiger partial charge in [0.1, 0.15) is 5.82 Å². The molecule has 0 amide bonds. The van der Waals surface area contributed by atoms with Gasteiger partial charge in [-0.05, 0) is 49.6 Å². The van der Waals surface area contributed by atoms with E-state index in [0.717, 1.165) is 39.1 Å². The number of pyridine rings is 1. The molecule has 0 atom stereocenters. The van der Waals surface area contributed by atoms with Gasteiger partial charge in [0.2, 0.25) is 0 Å². The van der Waals surface area contributed by atoms with Crippen LogP contribution in [0.2, 0.25) is 0 Å². The lowest BCUT2D eigenvalue weighted by molar-refractivity contribution is 0.299. The zero-order valence-corrected chi connectivity index (χ0v) is 12.2. The number of hydrogen-bond donors (Lipinski definition) is 1. The summed E-state index contributed by atoms with van der Waals surface area (Å²) in [5.41, 5.74) is 5.05. The summed E-state index contributed by atoms with van der Waals surface area (Å²) in [4.78, 5) is 13.1. The molecule has 3 aromatic rings. The van der Waals surface area contributed by atoms with Crippen LogP contribution in [0.1, 0.15) is 17.0 Å². The molecule has 21 heavy (non-hydrogen) atoms. The average molecular weight is 279 g/mol. The third kappa shape index (κ3) is 2.76. The van der Waals surface area contributed by atoms with Gasteiger partial charge in [-0.15, -0.1) is 0 Å². The molecule has 0 saturated heterocycles. The summed E-state index contributed by atoms with van der Waals surface area (Å²) in [5, 5.41) is 10.2. The van der Waals surface area contributed by atoms with E-state index in [1.54, 1.807) is 12.4 Å². The summed E-state index contributed by atoms with van der Waals surface area (Å²) in [6, 6.07) is 8.18. The Labute approximate surface area is 123 Å². The highest BCUT2D eigenvalue weighted by molar-refractivity contribution is 5.85. The minimum absolute atomic E-state index is 0.163. The Kier molecular flexibility index (Phi) is 3.62. The number of aromatic nitrogens is 3. The number of aliphatic hydroxyl groups is 1. The molecule has 0 unspecified atom stereocenters. The topological polar surface area (TPSA) is 58.9 Å². The fourth-order valence-electron chi connectivity index (χ4n) is 2.40. The van der Waals surface area contributed by atoms with Crippen LogP contribution in [0.15, 0.2) is 36.7 Å². The molecule has 0 bridgehead atoms. The summed E-state index contributed by atoms with van der Waals surface area (Å²) in [6.07, 6.45) is 4.27. The SMILES string of the molecule is Cc1ncc(-c2cc(C)c3cc(CCO)ccc3n2)cn1. The molecule has 4 heteroatoms. The van der Waals surface area contributed by atoms with Crippen molar-refractivity contribution < 1.29 is 5.11 Å². The zero-order chi connectivity index (χ0) is 14.8. The quantitative estimate of drug-likeness (QED) is 0.801. The van der Waals surface area contributed by atoms with Crippen molar-refractivity contribution in [3.8, 4) is 11.3 Å². The third-order valence-corrected chi connectivity index (χ3v) is 3.56. The molecule has 4 nitrogen and oxygen atoms in total. The van der Waals surface area contributed by atoms with E-state index < -0.39 is 0 Å². The zero-order valence-electron chi connectivity index (χ0n) is 12.2. The number of rotatable bonds is 3. The van der Waals surface area contributed by atoms with Crippen LogP contribution in [0.25, 0.3) is 22.2 Å². The molecule has 0 saturated carbocycles. The second kappa shape index (κ2) is 5.58. The fraction of sp³-hybridized carbons (Fsp3) is 0.235. The van der Waals surface area contributed by atoms with Crippen LogP contribution >= 0.6 is 0 Å². The van der Waals surface area contributed by atoms with Crippen LogP contribution < -0.4 is 0 Å². The lowest BCUT2D eigenvalue weighted by atomic mass is 10.0. The molecule has 0 radical (unpaired) electrons. The Morgan fingerprint density at radius 1 is 1.05 bits per heavy atom. The monoisotopic (exact) mass is 279 g/mol. The number of aryl methyl sites for hydroxylation is 2. The molecule has 0 aliphatic rings. The molecule has 2 aromatic heterocycles. The fourth-order valence-corrected chi connectivity index (χ4v) is 2.40. The molecule has 106 valence electrons. The molecular weight excluding hydrogens is 262 g/mol. The van der Waals surface area contributed by atoms with Crippen molar-refractivity contribution >= 4 is 10.9 Å². The molecule has 0 fully saturated rings. The van der Waals surface area contributed by atoms with E-state index in [0.29, 0.717) is 6.42 Å². The average Bonchev–Trinajstić information content (AvgIpc) is 2.49. The maximum atomic E-state index is 9.05.